The van der Waals surface area contributed by atoms with Gasteiger partial charge in [0.05, 0.1) is 0 Å². The van der Waals surface area contributed by atoms with Crippen LogP contribution in [0.2, 0.25) is 6.82 Å². The number of aryl methyl sites for hydroxylation is 2. The quantitative estimate of drug-likeness (QED) is 0.656. The molecule has 4 heterocycles. The molecule has 1 radical (unpaired) electrons. The van der Waals surface area contributed by atoms with Crippen molar-refractivity contribution in [2.24, 2.45) is 0 Å². The van der Waals surface area contributed by atoms with E-state index in [4.69, 9.17) is 0 Å². The lowest BCUT2D eigenvalue weighted by Crippen LogP contribution is -2.34. The molecule has 3 aromatic heterocycles. The summed E-state index contributed by atoms with van der Waals surface area (Å²) in [6, 6.07) is 3.72. The Kier molecular flexibility index (Phi) is 3.79. The van der Waals surface area contributed by atoms with Gasteiger partial charge in [0.1, 0.15) is 13.1 Å². The van der Waals surface area contributed by atoms with E-state index in [0.717, 1.165) is 42.0 Å². The van der Waals surface area contributed by atoms with Crippen LogP contribution in [0.5, 0.6) is 0 Å². The van der Waals surface area contributed by atoms with Gasteiger partial charge in [-0.05, 0) is 19.4 Å². The fraction of sp³-hybridized carbons (Fsp3) is 0.333. The van der Waals surface area contributed by atoms with Crippen LogP contribution < -0.4 is 15.9 Å². The summed E-state index contributed by atoms with van der Waals surface area (Å²) in [5.74, 6) is 1.33. The molecule has 0 aromatic carbocycles. The van der Waals surface area contributed by atoms with Crippen molar-refractivity contribution in [3.63, 3.8) is 0 Å². The molecule has 0 saturated heterocycles. The van der Waals surface area contributed by atoms with E-state index in [1.165, 1.54) is 16.0 Å². The number of nitrogens with zero attached hydrogens (tertiary/aromatic N) is 5. The largest absolute Gasteiger partial charge is 0.351 e. The Morgan fingerprint density at radius 3 is 2.84 bits per heavy atom. The average molecular weight is 332 g/mol. The van der Waals surface area contributed by atoms with E-state index in [9.17, 15) is 4.79 Å². The third-order valence-corrected chi connectivity index (χ3v) is 4.64. The maximum absolute atomic E-state index is 12.1. The molecule has 0 spiro atoms. The number of anilines is 1. The van der Waals surface area contributed by atoms with Crippen molar-refractivity contribution in [1.29, 1.82) is 0 Å². The van der Waals surface area contributed by atoms with Crippen molar-refractivity contribution >= 4 is 24.3 Å². The SMILES string of the molecule is C[B]c1cnc2c(c1)CN(c1nc3nc(C)cc(=O)n3cc1C)CC2. The van der Waals surface area contributed by atoms with E-state index < -0.39 is 0 Å². The van der Waals surface area contributed by atoms with E-state index in [2.05, 4.69) is 33.2 Å². The zero-order valence-corrected chi connectivity index (χ0v) is 14.7. The predicted octanol–water partition coefficient (Wildman–Crippen LogP) is 1.04. The fourth-order valence-electron chi connectivity index (χ4n) is 3.33. The Bertz CT molecular complexity index is 1030. The molecule has 0 amide bonds. The van der Waals surface area contributed by atoms with Crippen LogP contribution in [-0.2, 0) is 13.0 Å². The Morgan fingerprint density at radius 1 is 1.20 bits per heavy atom. The summed E-state index contributed by atoms with van der Waals surface area (Å²) in [5.41, 5.74) is 5.08. The zero-order valence-electron chi connectivity index (χ0n) is 14.7. The Balaban J connectivity index is 1.77. The second-order valence-electron chi connectivity index (χ2n) is 6.49. The monoisotopic (exact) mass is 332 g/mol. The Labute approximate surface area is 146 Å². The van der Waals surface area contributed by atoms with Gasteiger partial charge in [-0.3, -0.25) is 14.2 Å². The first-order chi connectivity index (χ1) is 12.0. The minimum atomic E-state index is -0.0963. The molecule has 0 saturated carbocycles. The molecular formula is C18H19BN5O. The minimum absolute atomic E-state index is 0.0963. The van der Waals surface area contributed by atoms with Crippen LogP contribution in [0.15, 0.2) is 29.3 Å². The standard InChI is InChI=1S/C18H19BN5O/c1-11-9-24-16(25)6-12(2)21-18(24)22-17(11)23-5-4-15-13(10-23)7-14(19-3)8-20-15/h6-9H,4-5,10H2,1-3H3. The summed E-state index contributed by atoms with van der Waals surface area (Å²) in [5, 5.41) is 0. The molecular weight excluding hydrogens is 313 g/mol. The highest BCUT2D eigenvalue weighted by Gasteiger charge is 2.21. The molecule has 3 aromatic rings. The van der Waals surface area contributed by atoms with Crippen molar-refractivity contribution in [3.8, 4) is 0 Å². The molecule has 0 aliphatic carbocycles. The normalized spacial score (nSPS) is 13.8. The Hall–Kier alpha value is -2.70. The molecule has 0 N–H and O–H groups in total. The van der Waals surface area contributed by atoms with Gasteiger partial charge < -0.3 is 4.90 Å². The van der Waals surface area contributed by atoms with Crippen LogP contribution in [0.25, 0.3) is 5.78 Å². The lowest BCUT2D eigenvalue weighted by Gasteiger charge is -2.30. The molecule has 1 aliphatic heterocycles. The van der Waals surface area contributed by atoms with Gasteiger partial charge in [0.2, 0.25) is 5.78 Å². The summed E-state index contributed by atoms with van der Waals surface area (Å²) < 4.78 is 1.51. The van der Waals surface area contributed by atoms with E-state index >= 15 is 0 Å². The van der Waals surface area contributed by atoms with Crippen molar-refractivity contribution < 1.29 is 0 Å². The highest BCUT2D eigenvalue weighted by molar-refractivity contribution is 6.51. The maximum Gasteiger partial charge on any atom is 0.259 e. The van der Waals surface area contributed by atoms with E-state index in [1.807, 2.05) is 33.1 Å². The lowest BCUT2D eigenvalue weighted by molar-refractivity contribution is 0.699. The smallest absolute Gasteiger partial charge is 0.259 e. The number of hydrogen-bond acceptors (Lipinski definition) is 5. The topological polar surface area (TPSA) is 63.4 Å². The summed E-state index contributed by atoms with van der Waals surface area (Å²) in [6.45, 7) is 7.44. The highest BCUT2D eigenvalue weighted by atomic mass is 16.1. The second kappa shape index (κ2) is 5.99. The van der Waals surface area contributed by atoms with Crippen molar-refractivity contribution in [1.82, 2.24) is 19.4 Å². The minimum Gasteiger partial charge on any atom is -0.351 e. The van der Waals surface area contributed by atoms with Gasteiger partial charge in [-0.2, -0.15) is 4.98 Å². The van der Waals surface area contributed by atoms with Gasteiger partial charge in [0.25, 0.3) is 5.56 Å². The molecule has 25 heavy (non-hydrogen) atoms. The fourth-order valence-corrected chi connectivity index (χ4v) is 3.33. The molecule has 4 rings (SSSR count). The molecule has 0 fully saturated rings. The molecule has 1 aliphatic rings. The van der Waals surface area contributed by atoms with Crippen molar-refractivity contribution in [3.05, 3.63) is 57.4 Å². The van der Waals surface area contributed by atoms with E-state index in [-0.39, 0.29) is 5.56 Å². The molecule has 0 bridgehead atoms. The third-order valence-electron chi connectivity index (χ3n) is 4.64. The van der Waals surface area contributed by atoms with Crippen molar-refractivity contribution in [2.45, 2.75) is 33.6 Å². The summed E-state index contributed by atoms with van der Waals surface area (Å²) in [7, 11) is 2.06. The Morgan fingerprint density at radius 2 is 2.04 bits per heavy atom. The van der Waals surface area contributed by atoms with Crippen LogP contribution >= 0.6 is 0 Å². The predicted molar refractivity (Wildman–Crippen MR) is 99.0 cm³/mol. The van der Waals surface area contributed by atoms with Crippen LogP contribution in [-0.4, -0.2) is 33.2 Å². The number of pyridine rings is 1. The van der Waals surface area contributed by atoms with Crippen LogP contribution in [0.3, 0.4) is 0 Å². The first kappa shape index (κ1) is 15.8. The first-order valence-corrected chi connectivity index (χ1v) is 8.45. The molecule has 6 nitrogen and oxygen atoms in total. The van der Waals surface area contributed by atoms with Crippen LogP contribution in [0.1, 0.15) is 22.5 Å². The van der Waals surface area contributed by atoms with E-state index in [0.29, 0.717) is 11.5 Å². The highest BCUT2D eigenvalue weighted by Crippen LogP contribution is 2.24. The summed E-state index contributed by atoms with van der Waals surface area (Å²) in [4.78, 5) is 28.0. The first-order valence-electron chi connectivity index (χ1n) is 8.45. The third kappa shape index (κ3) is 2.79. The van der Waals surface area contributed by atoms with Crippen LogP contribution in [0, 0.1) is 13.8 Å². The molecule has 125 valence electrons. The molecule has 7 heteroatoms. The molecule has 0 unspecified atom stereocenters. The van der Waals surface area contributed by atoms with Gasteiger partial charge >= 0.3 is 0 Å². The number of aromatic nitrogens is 4. The maximum atomic E-state index is 12.1. The summed E-state index contributed by atoms with van der Waals surface area (Å²) >= 11 is 0. The van der Waals surface area contributed by atoms with Gasteiger partial charge in [0, 0.05) is 54.9 Å². The second-order valence-corrected chi connectivity index (χ2v) is 6.49. The number of hydrogen-bond donors (Lipinski definition) is 0. The van der Waals surface area contributed by atoms with Crippen molar-refractivity contribution in [2.75, 3.05) is 11.4 Å². The summed E-state index contributed by atoms with van der Waals surface area (Å²) in [6.07, 6.45) is 4.64. The van der Waals surface area contributed by atoms with E-state index in [1.54, 1.807) is 0 Å². The van der Waals surface area contributed by atoms with Gasteiger partial charge in [0.15, 0.2) is 0 Å². The van der Waals surface area contributed by atoms with Crippen LogP contribution in [0.4, 0.5) is 5.82 Å². The van der Waals surface area contributed by atoms with Gasteiger partial charge in [-0.25, -0.2) is 4.98 Å². The van der Waals surface area contributed by atoms with Gasteiger partial charge in [-0.1, -0.05) is 18.4 Å². The molecule has 0 atom stereocenters. The number of rotatable bonds is 2. The number of fused-ring (bicyclic) bond motifs is 2. The van der Waals surface area contributed by atoms with Gasteiger partial charge in [-0.15, -0.1) is 0 Å². The lowest BCUT2D eigenvalue weighted by atomic mass is 9.73. The zero-order chi connectivity index (χ0) is 17.6. The average Bonchev–Trinajstić information content (AvgIpc) is 2.61.